The first kappa shape index (κ1) is 22.6. The fourth-order valence-corrected chi connectivity index (χ4v) is 5.06. The van der Waals surface area contributed by atoms with E-state index >= 15 is 0 Å². The van der Waals surface area contributed by atoms with Crippen LogP contribution < -0.4 is 4.72 Å². The number of rotatable bonds is 6. The van der Waals surface area contributed by atoms with Gasteiger partial charge in [-0.15, -0.1) is 10.2 Å². The summed E-state index contributed by atoms with van der Waals surface area (Å²) in [4.78, 5) is 4.24. The summed E-state index contributed by atoms with van der Waals surface area (Å²) in [5.74, 6) is 0.613. The third-order valence-electron chi connectivity index (χ3n) is 5.91. The lowest BCUT2D eigenvalue weighted by molar-refractivity contribution is 0.601. The molecule has 0 bridgehead atoms. The van der Waals surface area contributed by atoms with E-state index in [1.807, 2.05) is 66.7 Å². The number of aromatic nitrogens is 5. The number of hydrogen-bond donors (Lipinski definition) is 1. The summed E-state index contributed by atoms with van der Waals surface area (Å²) in [7, 11) is -3.74. The number of hydrogen-bond acceptors (Lipinski definition) is 6. The minimum absolute atomic E-state index is 0.194. The lowest BCUT2D eigenvalue weighted by Gasteiger charge is -2.10. The van der Waals surface area contributed by atoms with Crippen LogP contribution in [0, 0.1) is 0 Å². The zero-order valence-corrected chi connectivity index (χ0v) is 20.2. The van der Waals surface area contributed by atoms with Gasteiger partial charge in [0.05, 0.1) is 10.6 Å². The summed E-state index contributed by atoms with van der Waals surface area (Å²) >= 11 is 0. The van der Waals surface area contributed by atoms with Gasteiger partial charge in [-0.05, 0) is 59.7 Å². The molecule has 180 valence electrons. The molecule has 0 fully saturated rings. The Morgan fingerprint density at radius 1 is 0.622 bits per heavy atom. The molecule has 0 aliphatic heterocycles. The van der Waals surface area contributed by atoms with Crippen LogP contribution >= 0.6 is 0 Å². The quantitative estimate of drug-likeness (QED) is 0.329. The van der Waals surface area contributed by atoms with Gasteiger partial charge in [-0.1, -0.05) is 54.6 Å². The van der Waals surface area contributed by atoms with E-state index in [1.54, 1.807) is 53.3 Å². The van der Waals surface area contributed by atoms with Crippen LogP contribution in [0.3, 0.4) is 0 Å². The first-order valence-electron chi connectivity index (χ1n) is 11.5. The van der Waals surface area contributed by atoms with E-state index in [9.17, 15) is 8.42 Å². The molecule has 1 N–H and O–H groups in total. The van der Waals surface area contributed by atoms with Gasteiger partial charge >= 0.3 is 0 Å². The average Bonchev–Trinajstić information content (AvgIpc) is 3.38. The topological polar surface area (TPSA) is 102 Å². The number of nitrogens with zero attached hydrogens (tertiary/aromatic N) is 5. The summed E-state index contributed by atoms with van der Waals surface area (Å²) in [5.41, 5.74) is 5.44. The average molecular weight is 505 g/mol. The van der Waals surface area contributed by atoms with Crippen LogP contribution in [0.4, 0.5) is 5.69 Å². The number of pyridine rings is 1. The molecule has 0 unspecified atom stereocenters. The first-order chi connectivity index (χ1) is 18.1. The molecule has 37 heavy (non-hydrogen) atoms. The highest BCUT2D eigenvalue weighted by Gasteiger charge is 2.15. The molecule has 0 radical (unpaired) electrons. The molecule has 0 spiro atoms. The summed E-state index contributed by atoms with van der Waals surface area (Å²) in [5, 5.41) is 13.1. The molecule has 3 heterocycles. The minimum atomic E-state index is -3.74. The van der Waals surface area contributed by atoms with E-state index in [0.717, 1.165) is 22.3 Å². The van der Waals surface area contributed by atoms with Gasteiger partial charge in [0, 0.05) is 29.2 Å². The molecule has 0 atom stereocenters. The third kappa shape index (κ3) is 4.55. The van der Waals surface area contributed by atoms with E-state index in [0.29, 0.717) is 22.9 Å². The van der Waals surface area contributed by atoms with Crippen LogP contribution in [0.2, 0.25) is 0 Å². The predicted octanol–water partition coefficient (Wildman–Crippen LogP) is 5.32. The zero-order valence-electron chi connectivity index (χ0n) is 19.4. The van der Waals surface area contributed by atoms with Crippen molar-refractivity contribution in [2.24, 2.45) is 0 Å². The van der Waals surface area contributed by atoms with Gasteiger partial charge < -0.3 is 0 Å². The van der Waals surface area contributed by atoms with E-state index in [2.05, 4.69) is 19.9 Å². The van der Waals surface area contributed by atoms with Crippen molar-refractivity contribution in [3.8, 4) is 33.8 Å². The predicted molar refractivity (Wildman–Crippen MR) is 142 cm³/mol. The fourth-order valence-electron chi connectivity index (χ4n) is 4.00. The monoisotopic (exact) mass is 504 g/mol. The number of sulfonamides is 1. The van der Waals surface area contributed by atoms with Crippen LogP contribution in [-0.2, 0) is 10.0 Å². The van der Waals surface area contributed by atoms with Gasteiger partial charge in [0.25, 0.3) is 10.0 Å². The fraction of sp³-hybridized carbons (Fsp3) is 0. The Bertz CT molecular complexity index is 1790. The molecule has 3 aromatic heterocycles. The highest BCUT2D eigenvalue weighted by molar-refractivity contribution is 7.92. The maximum Gasteiger partial charge on any atom is 0.261 e. The Kier molecular flexibility index (Phi) is 5.66. The van der Waals surface area contributed by atoms with Gasteiger partial charge in [-0.25, -0.2) is 8.42 Å². The van der Waals surface area contributed by atoms with Gasteiger partial charge in [-0.3, -0.25) is 9.71 Å². The molecule has 3 aromatic carbocycles. The van der Waals surface area contributed by atoms with Crippen LogP contribution in [0.15, 0.2) is 120 Å². The number of anilines is 1. The number of fused-ring (bicyclic) bond motifs is 1. The second-order valence-corrected chi connectivity index (χ2v) is 10.0. The lowest BCUT2D eigenvalue weighted by Crippen LogP contribution is -2.12. The molecule has 0 saturated carbocycles. The third-order valence-corrected chi connectivity index (χ3v) is 7.30. The van der Waals surface area contributed by atoms with Crippen molar-refractivity contribution in [3.05, 3.63) is 116 Å². The van der Waals surface area contributed by atoms with E-state index in [-0.39, 0.29) is 4.90 Å². The molecule has 0 amide bonds. The normalized spacial score (nSPS) is 11.5. The van der Waals surface area contributed by atoms with E-state index in [4.69, 9.17) is 5.10 Å². The molecule has 8 nitrogen and oxygen atoms in total. The van der Waals surface area contributed by atoms with Crippen molar-refractivity contribution >= 4 is 21.4 Å². The van der Waals surface area contributed by atoms with Gasteiger partial charge in [0.2, 0.25) is 0 Å². The summed E-state index contributed by atoms with van der Waals surface area (Å²) in [6.07, 6.45) is 3.38. The Labute approximate surface area is 213 Å². The minimum Gasteiger partial charge on any atom is -0.280 e. The molecule has 9 heteroatoms. The second kappa shape index (κ2) is 9.29. The molecular formula is C28H20N6O2S. The Hall–Kier alpha value is -4.89. The molecule has 0 saturated heterocycles. The molecule has 0 aliphatic rings. The molecule has 6 aromatic rings. The Balaban J connectivity index is 1.23. The highest BCUT2D eigenvalue weighted by atomic mass is 32.2. The second-order valence-electron chi connectivity index (χ2n) is 8.32. The zero-order chi connectivity index (χ0) is 25.2. The number of nitrogens with one attached hydrogen (secondary N) is 1. The lowest BCUT2D eigenvalue weighted by atomic mass is 10.1. The summed E-state index contributed by atoms with van der Waals surface area (Å²) in [6.45, 7) is 0. The largest absolute Gasteiger partial charge is 0.280 e. The van der Waals surface area contributed by atoms with Crippen LogP contribution in [0.25, 0.3) is 39.4 Å². The number of benzene rings is 3. The van der Waals surface area contributed by atoms with Gasteiger partial charge in [0.15, 0.2) is 11.5 Å². The van der Waals surface area contributed by atoms with Crippen LogP contribution in [0.5, 0.6) is 0 Å². The van der Waals surface area contributed by atoms with Crippen LogP contribution in [0.1, 0.15) is 0 Å². The van der Waals surface area contributed by atoms with Crippen molar-refractivity contribution in [3.63, 3.8) is 0 Å². The Morgan fingerprint density at radius 3 is 2.03 bits per heavy atom. The maximum atomic E-state index is 12.9. The maximum absolute atomic E-state index is 12.9. The van der Waals surface area contributed by atoms with Crippen molar-refractivity contribution in [1.82, 2.24) is 24.8 Å². The summed E-state index contributed by atoms with van der Waals surface area (Å²) < 4.78 is 30.2. The van der Waals surface area contributed by atoms with Gasteiger partial charge in [-0.2, -0.15) is 9.61 Å². The van der Waals surface area contributed by atoms with Gasteiger partial charge in [0.1, 0.15) is 0 Å². The van der Waals surface area contributed by atoms with Crippen molar-refractivity contribution in [1.29, 1.82) is 0 Å². The smallest absolute Gasteiger partial charge is 0.261 e. The molecule has 0 aliphatic carbocycles. The SMILES string of the molecule is O=S(=O)(Nc1ccc(-c2ccc3nnc(-c4ccncc4)n3n2)cc1)c1ccc(-c2ccccc2)cc1. The standard InChI is InChI=1S/C28H20N6O2S/c35-37(36,25-12-8-21(9-13-25)20-4-2-1-3-5-20)33-24-10-6-22(7-11-24)26-14-15-27-30-31-28(34(27)32-26)23-16-18-29-19-17-23/h1-19,33H. The van der Waals surface area contributed by atoms with E-state index < -0.39 is 10.0 Å². The Morgan fingerprint density at radius 2 is 1.30 bits per heavy atom. The van der Waals surface area contributed by atoms with E-state index in [1.165, 1.54) is 0 Å². The first-order valence-corrected chi connectivity index (χ1v) is 13.0. The van der Waals surface area contributed by atoms with Crippen molar-refractivity contribution < 1.29 is 8.42 Å². The molecule has 6 rings (SSSR count). The van der Waals surface area contributed by atoms with Crippen LogP contribution in [-0.4, -0.2) is 33.2 Å². The van der Waals surface area contributed by atoms with Crippen molar-refractivity contribution in [2.75, 3.05) is 4.72 Å². The highest BCUT2D eigenvalue weighted by Crippen LogP contribution is 2.25. The van der Waals surface area contributed by atoms with Crippen molar-refractivity contribution in [2.45, 2.75) is 4.90 Å². The summed E-state index contributed by atoms with van der Waals surface area (Å²) in [6, 6.07) is 31.1. The molecular weight excluding hydrogens is 484 g/mol.